The van der Waals surface area contributed by atoms with Gasteiger partial charge in [-0.05, 0) is 92.7 Å². The molecule has 2 fully saturated rings. The number of unbranched alkanes of at least 4 members (excludes halogenated alkanes) is 2. The number of carbonyl (C=O) groups is 2. The Balaban J connectivity index is 1.78. The van der Waals surface area contributed by atoms with Crippen LogP contribution in [0, 0.1) is 0 Å². The number of amides is 2. The summed E-state index contributed by atoms with van der Waals surface area (Å²) >= 11 is 1.75. The molecule has 2 amide bonds. The highest BCUT2D eigenvalue weighted by Gasteiger charge is 2.23. The zero-order valence-corrected chi connectivity index (χ0v) is 29.9. The van der Waals surface area contributed by atoms with Crippen molar-refractivity contribution in [1.82, 2.24) is 20.4 Å². The molecule has 1 saturated carbocycles. The van der Waals surface area contributed by atoms with Gasteiger partial charge in [-0.15, -0.1) is 0 Å². The second kappa shape index (κ2) is 23.7. The van der Waals surface area contributed by atoms with Crippen molar-refractivity contribution in [3.63, 3.8) is 0 Å². The highest BCUT2D eigenvalue weighted by molar-refractivity contribution is 7.99. The molecule has 252 valence electrons. The topological polar surface area (TPSA) is 64.7 Å². The fourth-order valence-corrected chi connectivity index (χ4v) is 6.96. The van der Waals surface area contributed by atoms with E-state index in [-0.39, 0.29) is 17.9 Å². The molecule has 0 aromatic rings. The fourth-order valence-electron chi connectivity index (χ4n) is 5.95. The predicted molar refractivity (Wildman–Crippen MR) is 191 cm³/mol. The van der Waals surface area contributed by atoms with Gasteiger partial charge in [0.05, 0.1) is 0 Å². The molecule has 0 bridgehead atoms. The van der Waals surface area contributed by atoms with Gasteiger partial charge in [-0.1, -0.05) is 73.5 Å². The summed E-state index contributed by atoms with van der Waals surface area (Å²) in [7, 11) is 2.19. The number of rotatable bonds is 19. The van der Waals surface area contributed by atoms with Gasteiger partial charge in [0.25, 0.3) is 0 Å². The van der Waals surface area contributed by atoms with E-state index in [1.165, 1.54) is 48.8 Å². The number of nitrogens with zero attached hydrogens (tertiary/aromatic N) is 2. The second-order valence-electron chi connectivity index (χ2n) is 13.6. The normalized spacial score (nSPS) is 18.8. The Morgan fingerprint density at radius 1 is 0.795 bits per heavy atom. The summed E-state index contributed by atoms with van der Waals surface area (Å²) in [5.74, 6) is 1.49. The Morgan fingerprint density at radius 2 is 1.43 bits per heavy atom. The molecule has 1 atom stereocenters. The lowest BCUT2D eigenvalue weighted by Gasteiger charge is -2.32. The molecule has 1 aliphatic carbocycles. The van der Waals surface area contributed by atoms with E-state index in [2.05, 4.69) is 73.4 Å². The van der Waals surface area contributed by atoms with E-state index in [9.17, 15) is 9.59 Å². The number of hydrogen-bond acceptors (Lipinski definition) is 5. The van der Waals surface area contributed by atoms with Gasteiger partial charge >= 0.3 is 0 Å². The molecule has 2 rings (SSSR count). The van der Waals surface area contributed by atoms with Crippen LogP contribution in [0.3, 0.4) is 0 Å². The number of hydrogen-bond donors (Lipinski definition) is 2. The fraction of sp³-hybridized carbons (Fsp3) is 0.784. The van der Waals surface area contributed by atoms with Crippen LogP contribution in [-0.2, 0) is 9.59 Å². The van der Waals surface area contributed by atoms with Crippen LogP contribution in [0.4, 0.5) is 0 Å². The molecule has 1 aliphatic heterocycles. The van der Waals surface area contributed by atoms with Crippen molar-refractivity contribution in [3.8, 4) is 0 Å². The van der Waals surface area contributed by atoms with Crippen LogP contribution in [0.1, 0.15) is 124 Å². The summed E-state index contributed by atoms with van der Waals surface area (Å²) in [6, 6.07) is -0.231. The Hall–Kier alpha value is -1.57. The average molecular weight is 631 g/mol. The Morgan fingerprint density at radius 3 is 2.11 bits per heavy atom. The van der Waals surface area contributed by atoms with Gasteiger partial charge < -0.3 is 20.4 Å². The predicted octanol–water partition coefficient (Wildman–Crippen LogP) is 7.66. The lowest BCUT2D eigenvalue weighted by Crippen LogP contribution is -2.51. The smallest absolute Gasteiger partial charge is 0.243 e. The molecule has 0 spiro atoms. The second-order valence-corrected chi connectivity index (χ2v) is 14.7. The van der Waals surface area contributed by atoms with Crippen molar-refractivity contribution >= 4 is 23.6 Å². The summed E-state index contributed by atoms with van der Waals surface area (Å²) < 4.78 is 0. The highest BCUT2D eigenvalue weighted by atomic mass is 32.2. The maximum absolute atomic E-state index is 13.4. The van der Waals surface area contributed by atoms with Crippen molar-refractivity contribution in [2.45, 2.75) is 136 Å². The monoisotopic (exact) mass is 630 g/mol. The molecule has 7 heteroatoms. The van der Waals surface area contributed by atoms with Crippen LogP contribution < -0.4 is 10.6 Å². The van der Waals surface area contributed by atoms with Crippen molar-refractivity contribution in [1.29, 1.82) is 0 Å². The first-order valence-electron chi connectivity index (χ1n) is 17.8. The number of piperazine rings is 1. The third-order valence-corrected chi connectivity index (χ3v) is 10.0. The van der Waals surface area contributed by atoms with E-state index < -0.39 is 6.04 Å². The van der Waals surface area contributed by atoms with Gasteiger partial charge in [0.2, 0.25) is 11.8 Å². The molecule has 0 unspecified atom stereocenters. The number of allylic oxidation sites excluding steroid dienone is 5. The van der Waals surface area contributed by atoms with Gasteiger partial charge in [-0.2, -0.15) is 11.8 Å². The number of likely N-dealkylation sites (N-methyl/N-ethyl adjacent to an activating group) is 1. The van der Waals surface area contributed by atoms with Gasteiger partial charge in [-0.3, -0.25) is 9.59 Å². The van der Waals surface area contributed by atoms with E-state index in [0.717, 1.165) is 96.3 Å². The van der Waals surface area contributed by atoms with Gasteiger partial charge in [0, 0.05) is 50.1 Å². The largest absolute Gasteiger partial charge is 0.352 e. The molecule has 2 N–H and O–H groups in total. The molecular formula is C37H66N4O2S. The summed E-state index contributed by atoms with van der Waals surface area (Å²) in [4.78, 5) is 31.2. The summed E-state index contributed by atoms with van der Waals surface area (Å²) in [6.45, 7) is 14.5. The van der Waals surface area contributed by atoms with Gasteiger partial charge in [0.15, 0.2) is 0 Å². The first-order chi connectivity index (χ1) is 21.2. The molecule has 0 aromatic carbocycles. The number of nitrogens with one attached hydrogen (secondary N) is 2. The third kappa shape index (κ3) is 19.1. The van der Waals surface area contributed by atoms with Gasteiger partial charge in [0.1, 0.15) is 6.04 Å². The van der Waals surface area contributed by atoms with Gasteiger partial charge in [-0.25, -0.2) is 0 Å². The minimum absolute atomic E-state index is 0.000848. The minimum atomic E-state index is -0.469. The van der Waals surface area contributed by atoms with Crippen LogP contribution in [-0.4, -0.2) is 85.0 Å². The van der Waals surface area contributed by atoms with Crippen LogP contribution in [0.25, 0.3) is 0 Å². The van der Waals surface area contributed by atoms with E-state index in [1.807, 2.05) is 0 Å². The number of carbonyl (C=O) groups excluding carboxylic acids is 2. The molecule has 1 heterocycles. The minimum Gasteiger partial charge on any atom is -0.352 e. The van der Waals surface area contributed by atoms with Crippen molar-refractivity contribution in [2.75, 3.05) is 51.3 Å². The molecule has 2 aliphatic rings. The Labute approximate surface area is 275 Å². The average Bonchev–Trinajstić information content (AvgIpc) is 2.96. The summed E-state index contributed by atoms with van der Waals surface area (Å²) in [5.41, 5.74) is 4.25. The molecule has 44 heavy (non-hydrogen) atoms. The zero-order valence-electron chi connectivity index (χ0n) is 29.1. The molecule has 6 nitrogen and oxygen atoms in total. The third-order valence-electron chi connectivity index (χ3n) is 9.03. The first kappa shape index (κ1) is 38.6. The molecule has 0 aromatic heterocycles. The van der Waals surface area contributed by atoms with Crippen molar-refractivity contribution < 1.29 is 9.59 Å². The highest BCUT2D eigenvalue weighted by Crippen LogP contribution is 2.18. The quantitative estimate of drug-likeness (QED) is 0.113. The molecular weight excluding hydrogens is 565 g/mol. The van der Waals surface area contributed by atoms with Crippen LogP contribution in [0.2, 0.25) is 0 Å². The maximum Gasteiger partial charge on any atom is 0.243 e. The van der Waals surface area contributed by atoms with Crippen molar-refractivity contribution in [3.05, 3.63) is 34.9 Å². The van der Waals surface area contributed by atoms with Crippen LogP contribution >= 0.6 is 11.8 Å². The molecule has 0 radical (unpaired) electrons. The number of thioether (sulfide) groups is 1. The van der Waals surface area contributed by atoms with Crippen LogP contribution in [0.5, 0.6) is 0 Å². The Bertz CT molecular complexity index is 895. The van der Waals surface area contributed by atoms with E-state index >= 15 is 0 Å². The molecule has 1 saturated heterocycles. The van der Waals surface area contributed by atoms with E-state index in [1.54, 1.807) is 11.8 Å². The van der Waals surface area contributed by atoms with Crippen LogP contribution in [0.15, 0.2) is 34.9 Å². The van der Waals surface area contributed by atoms with E-state index in [0.29, 0.717) is 12.2 Å². The van der Waals surface area contributed by atoms with Crippen molar-refractivity contribution in [2.24, 2.45) is 0 Å². The summed E-state index contributed by atoms with van der Waals surface area (Å²) in [5, 5.41) is 6.43. The first-order valence-corrected chi connectivity index (χ1v) is 18.9. The SMILES string of the molecule is CC(C)=CCC/C(C)=C/CC/C(C)=C/CSC[C@H](NC(=O)CCCCCN1CCN(C)CC1)C(=O)NC1CCCCCCC1. The zero-order chi connectivity index (χ0) is 32.0. The maximum atomic E-state index is 13.4. The Kier molecular flexibility index (Phi) is 20.8. The standard InChI is InChI=1S/C37H66N4O2S/c1-31(2)16-14-17-32(3)18-15-19-33(4)23-29-44-30-35(37(43)38-34-20-10-7-6-8-11-21-34)39-36(42)22-12-9-13-24-41-27-25-40(5)26-28-41/h16,18,23,34-35H,6-15,17,19-22,24-30H2,1-5H3,(H,38,43)(H,39,42)/b32-18+,33-23+/t35-/m0/s1. The lowest BCUT2D eigenvalue weighted by molar-refractivity contribution is -0.129. The van der Waals surface area contributed by atoms with E-state index in [4.69, 9.17) is 0 Å². The lowest BCUT2D eigenvalue weighted by atomic mass is 9.96. The summed E-state index contributed by atoms with van der Waals surface area (Å²) in [6.07, 6.45) is 23.2.